The van der Waals surface area contributed by atoms with Crippen LogP contribution >= 0.6 is 0 Å². The molecule has 2 heteroatoms. The van der Waals surface area contributed by atoms with E-state index in [-0.39, 0.29) is 0 Å². The SMILES string of the molecule is CCC1Nc2ccccc2N1. The Balaban J connectivity index is 2.27. The van der Waals surface area contributed by atoms with Gasteiger partial charge in [0.2, 0.25) is 0 Å². The molecule has 0 fully saturated rings. The summed E-state index contributed by atoms with van der Waals surface area (Å²) in [6.45, 7) is 2.16. The molecule has 1 aromatic carbocycles. The maximum atomic E-state index is 3.37. The van der Waals surface area contributed by atoms with Gasteiger partial charge >= 0.3 is 0 Å². The van der Waals surface area contributed by atoms with E-state index in [0.29, 0.717) is 6.17 Å². The molecule has 2 nitrogen and oxygen atoms in total. The highest BCUT2D eigenvalue weighted by atomic mass is 15.2. The van der Waals surface area contributed by atoms with Gasteiger partial charge in [0.05, 0.1) is 17.5 Å². The second-order valence-corrected chi connectivity index (χ2v) is 2.80. The van der Waals surface area contributed by atoms with Gasteiger partial charge in [-0.2, -0.15) is 0 Å². The summed E-state index contributed by atoms with van der Waals surface area (Å²) >= 11 is 0. The number of nitrogens with one attached hydrogen (secondary N) is 2. The minimum Gasteiger partial charge on any atom is -0.364 e. The molecule has 2 N–H and O–H groups in total. The third-order valence-electron chi connectivity index (χ3n) is 1.99. The fraction of sp³-hybridized carbons (Fsp3) is 0.333. The number of anilines is 2. The van der Waals surface area contributed by atoms with E-state index in [1.807, 2.05) is 12.1 Å². The van der Waals surface area contributed by atoms with Crippen molar-refractivity contribution in [2.75, 3.05) is 10.6 Å². The second-order valence-electron chi connectivity index (χ2n) is 2.80. The van der Waals surface area contributed by atoms with E-state index in [1.54, 1.807) is 0 Å². The average Bonchev–Trinajstić information content (AvgIpc) is 2.46. The van der Waals surface area contributed by atoms with Crippen LogP contribution in [-0.2, 0) is 0 Å². The predicted octanol–water partition coefficient (Wildman–Crippen LogP) is 2.26. The van der Waals surface area contributed by atoms with Gasteiger partial charge < -0.3 is 10.6 Å². The van der Waals surface area contributed by atoms with Crippen molar-refractivity contribution in [2.24, 2.45) is 0 Å². The van der Waals surface area contributed by atoms with Crippen LogP contribution in [0.25, 0.3) is 0 Å². The smallest absolute Gasteiger partial charge is 0.0962 e. The maximum Gasteiger partial charge on any atom is 0.0962 e. The monoisotopic (exact) mass is 148 g/mol. The molecule has 2 rings (SSSR count). The molecule has 0 aliphatic carbocycles. The predicted molar refractivity (Wildman–Crippen MR) is 47.8 cm³/mol. The number of rotatable bonds is 1. The summed E-state index contributed by atoms with van der Waals surface area (Å²) in [5.41, 5.74) is 2.44. The Bertz CT molecular complexity index is 232. The minimum atomic E-state index is 0.424. The molecule has 1 aromatic rings. The van der Waals surface area contributed by atoms with Crippen LogP contribution < -0.4 is 10.6 Å². The Morgan fingerprint density at radius 3 is 2.18 bits per heavy atom. The molecule has 0 spiro atoms. The molecule has 0 amide bonds. The molecule has 0 atom stereocenters. The zero-order valence-electron chi connectivity index (χ0n) is 6.59. The number of para-hydroxylation sites is 2. The van der Waals surface area contributed by atoms with Gasteiger partial charge in [0, 0.05) is 0 Å². The average molecular weight is 148 g/mol. The summed E-state index contributed by atoms with van der Waals surface area (Å²) in [7, 11) is 0. The Labute approximate surface area is 66.6 Å². The number of fused-ring (bicyclic) bond motifs is 1. The Morgan fingerprint density at radius 1 is 1.18 bits per heavy atom. The quantitative estimate of drug-likeness (QED) is 0.638. The summed E-state index contributed by atoms with van der Waals surface area (Å²) in [6, 6.07) is 8.28. The zero-order valence-corrected chi connectivity index (χ0v) is 6.59. The van der Waals surface area contributed by atoms with Crippen LogP contribution in [0.3, 0.4) is 0 Å². The fourth-order valence-corrected chi connectivity index (χ4v) is 1.35. The van der Waals surface area contributed by atoms with Gasteiger partial charge in [0.1, 0.15) is 0 Å². The summed E-state index contributed by atoms with van der Waals surface area (Å²) in [4.78, 5) is 0. The van der Waals surface area contributed by atoms with Crippen molar-refractivity contribution in [3.05, 3.63) is 24.3 Å². The van der Waals surface area contributed by atoms with Gasteiger partial charge in [-0.1, -0.05) is 19.1 Å². The number of hydrogen-bond donors (Lipinski definition) is 2. The lowest BCUT2D eigenvalue weighted by Gasteiger charge is -2.07. The molecule has 0 saturated heterocycles. The highest BCUT2D eigenvalue weighted by molar-refractivity contribution is 5.73. The standard InChI is InChI=1S/C9H12N2/c1-2-9-10-7-5-3-4-6-8(7)11-9/h3-6,9-11H,2H2,1H3. The van der Waals surface area contributed by atoms with Crippen LogP contribution in [0.1, 0.15) is 13.3 Å². The largest absolute Gasteiger partial charge is 0.364 e. The second kappa shape index (κ2) is 2.46. The Hall–Kier alpha value is -1.18. The van der Waals surface area contributed by atoms with E-state index in [2.05, 4.69) is 29.7 Å². The molecule has 58 valence electrons. The van der Waals surface area contributed by atoms with Gasteiger partial charge in [0.15, 0.2) is 0 Å². The lowest BCUT2D eigenvalue weighted by atomic mass is 10.3. The van der Waals surface area contributed by atoms with E-state index in [9.17, 15) is 0 Å². The molecular formula is C9H12N2. The summed E-state index contributed by atoms with van der Waals surface area (Å²) < 4.78 is 0. The van der Waals surface area contributed by atoms with Crippen LogP contribution in [0.15, 0.2) is 24.3 Å². The highest BCUT2D eigenvalue weighted by Crippen LogP contribution is 2.28. The lowest BCUT2D eigenvalue weighted by Crippen LogP contribution is -2.20. The van der Waals surface area contributed by atoms with Crippen LogP contribution in [0.4, 0.5) is 11.4 Å². The van der Waals surface area contributed by atoms with Crippen LogP contribution in [-0.4, -0.2) is 6.17 Å². The first-order chi connectivity index (χ1) is 5.40. The Kier molecular flexibility index (Phi) is 1.46. The van der Waals surface area contributed by atoms with Gasteiger partial charge in [-0.3, -0.25) is 0 Å². The van der Waals surface area contributed by atoms with E-state index < -0.39 is 0 Å². The molecule has 1 aliphatic rings. The number of benzene rings is 1. The van der Waals surface area contributed by atoms with Gasteiger partial charge in [-0.05, 0) is 18.6 Å². The van der Waals surface area contributed by atoms with Gasteiger partial charge in [-0.15, -0.1) is 0 Å². The van der Waals surface area contributed by atoms with Crippen molar-refractivity contribution in [2.45, 2.75) is 19.5 Å². The molecule has 0 radical (unpaired) electrons. The van der Waals surface area contributed by atoms with Crippen LogP contribution in [0.5, 0.6) is 0 Å². The first kappa shape index (κ1) is 6.53. The van der Waals surface area contributed by atoms with Crippen LogP contribution in [0, 0.1) is 0 Å². The molecule has 1 aliphatic heterocycles. The molecule has 0 unspecified atom stereocenters. The zero-order chi connectivity index (χ0) is 7.68. The maximum absolute atomic E-state index is 3.37. The molecule has 11 heavy (non-hydrogen) atoms. The molecular weight excluding hydrogens is 136 g/mol. The summed E-state index contributed by atoms with van der Waals surface area (Å²) in [6.07, 6.45) is 1.53. The molecule has 1 heterocycles. The van der Waals surface area contributed by atoms with Crippen molar-refractivity contribution in [3.8, 4) is 0 Å². The van der Waals surface area contributed by atoms with E-state index in [1.165, 1.54) is 11.4 Å². The Morgan fingerprint density at radius 2 is 1.73 bits per heavy atom. The normalized spacial score (nSPS) is 15.4. The highest BCUT2D eigenvalue weighted by Gasteiger charge is 2.15. The van der Waals surface area contributed by atoms with E-state index in [4.69, 9.17) is 0 Å². The van der Waals surface area contributed by atoms with Crippen molar-refractivity contribution >= 4 is 11.4 Å². The lowest BCUT2D eigenvalue weighted by molar-refractivity contribution is 0.802. The van der Waals surface area contributed by atoms with Crippen molar-refractivity contribution in [3.63, 3.8) is 0 Å². The summed E-state index contributed by atoms with van der Waals surface area (Å²) in [5, 5.41) is 6.75. The van der Waals surface area contributed by atoms with Crippen molar-refractivity contribution in [1.29, 1.82) is 0 Å². The van der Waals surface area contributed by atoms with E-state index in [0.717, 1.165) is 6.42 Å². The van der Waals surface area contributed by atoms with Crippen molar-refractivity contribution in [1.82, 2.24) is 0 Å². The topological polar surface area (TPSA) is 24.1 Å². The number of hydrogen-bond acceptors (Lipinski definition) is 2. The fourth-order valence-electron chi connectivity index (χ4n) is 1.35. The molecule has 0 aromatic heterocycles. The third-order valence-corrected chi connectivity index (χ3v) is 1.99. The van der Waals surface area contributed by atoms with Crippen molar-refractivity contribution < 1.29 is 0 Å². The molecule has 0 saturated carbocycles. The van der Waals surface area contributed by atoms with E-state index >= 15 is 0 Å². The van der Waals surface area contributed by atoms with Crippen LogP contribution in [0.2, 0.25) is 0 Å². The first-order valence-corrected chi connectivity index (χ1v) is 4.02. The summed E-state index contributed by atoms with van der Waals surface area (Å²) in [5.74, 6) is 0. The third kappa shape index (κ3) is 1.04. The van der Waals surface area contributed by atoms with Gasteiger partial charge in [0.25, 0.3) is 0 Å². The molecule has 0 bridgehead atoms. The first-order valence-electron chi connectivity index (χ1n) is 4.02. The minimum absolute atomic E-state index is 0.424. The van der Waals surface area contributed by atoms with Gasteiger partial charge in [-0.25, -0.2) is 0 Å².